The molecule has 0 aliphatic heterocycles. The smallest absolute Gasteiger partial charge is 0.261 e. The van der Waals surface area contributed by atoms with Crippen molar-refractivity contribution in [3.8, 4) is 0 Å². The van der Waals surface area contributed by atoms with E-state index in [2.05, 4.69) is 17.6 Å². The van der Waals surface area contributed by atoms with Crippen LogP contribution in [0.1, 0.15) is 33.5 Å². The fourth-order valence-electron chi connectivity index (χ4n) is 1.36. The molecule has 1 amide bonds. The second-order valence-electron chi connectivity index (χ2n) is 3.81. The van der Waals surface area contributed by atoms with E-state index in [0.717, 1.165) is 30.9 Å². The van der Waals surface area contributed by atoms with Crippen molar-refractivity contribution in [2.24, 2.45) is 0 Å². The Morgan fingerprint density at radius 2 is 2.12 bits per heavy atom. The molecule has 0 saturated carbocycles. The Morgan fingerprint density at radius 1 is 1.38 bits per heavy atom. The van der Waals surface area contributed by atoms with Crippen LogP contribution in [0, 0.1) is 13.8 Å². The number of carbonyl (C=O) groups is 1. The summed E-state index contributed by atoms with van der Waals surface area (Å²) in [5.74, 6) is 0.0534. The van der Waals surface area contributed by atoms with Crippen LogP contribution in [-0.2, 0) is 0 Å². The first-order chi connectivity index (χ1) is 7.65. The van der Waals surface area contributed by atoms with Crippen molar-refractivity contribution >= 4 is 17.2 Å². The quantitative estimate of drug-likeness (QED) is 0.748. The second-order valence-corrected chi connectivity index (χ2v) is 5.07. The van der Waals surface area contributed by atoms with Gasteiger partial charge in [-0.1, -0.05) is 6.92 Å². The molecule has 1 aromatic heterocycles. The number of amides is 1. The van der Waals surface area contributed by atoms with E-state index in [1.807, 2.05) is 19.9 Å². The molecule has 1 rings (SSSR count). The highest BCUT2D eigenvalue weighted by molar-refractivity contribution is 7.14. The summed E-state index contributed by atoms with van der Waals surface area (Å²) >= 11 is 1.56. The van der Waals surface area contributed by atoms with E-state index in [9.17, 15) is 4.79 Å². The Hall–Kier alpha value is -0.870. The van der Waals surface area contributed by atoms with Gasteiger partial charge in [0, 0.05) is 11.4 Å². The zero-order valence-corrected chi connectivity index (χ0v) is 11.0. The van der Waals surface area contributed by atoms with E-state index in [4.69, 9.17) is 0 Å². The van der Waals surface area contributed by atoms with Crippen LogP contribution in [0.4, 0.5) is 0 Å². The van der Waals surface area contributed by atoms with E-state index >= 15 is 0 Å². The van der Waals surface area contributed by atoms with E-state index in [1.54, 1.807) is 11.3 Å². The minimum atomic E-state index is 0.0534. The zero-order valence-electron chi connectivity index (χ0n) is 10.2. The van der Waals surface area contributed by atoms with Crippen molar-refractivity contribution in [3.63, 3.8) is 0 Å². The number of nitrogens with one attached hydrogen (secondary N) is 2. The molecule has 4 heteroatoms. The van der Waals surface area contributed by atoms with Gasteiger partial charge in [0.25, 0.3) is 5.91 Å². The summed E-state index contributed by atoms with van der Waals surface area (Å²) in [6, 6.07) is 1.96. The monoisotopic (exact) mass is 240 g/mol. The van der Waals surface area contributed by atoms with Gasteiger partial charge >= 0.3 is 0 Å². The van der Waals surface area contributed by atoms with Gasteiger partial charge in [-0.25, -0.2) is 0 Å². The third-order valence-electron chi connectivity index (χ3n) is 2.46. The summed E-state index contributed by atoms with van der Waals surface area (Å²) < 4.78 is 0. The van der Waals surface area contributed by atoms with Crippen LogP contribution in [0.2, 0.25) is 0 Å². The Bertz CT molecular complexity index is 327. The Balaban J connectivity index is 2.30. The fraction of sp³-hybridized carbons (Fsp3) is 0.583. The summed E-state index contributed by atoms with van der Waals surface area (Å²) in [4.78, 5) is 13.8. The molecule has 1 heterocycles. The summed E-state index contributed by atoms with van der Waals surface area (Å²) in [5.41, 5.74) is 1.20. The van der Waals surface area contributed by atoms with Gasteiger partial charge in [0.15, 0.2) is 0 Å². The number of hydrogen-bond donors (Lipinski definition) is 2. The Morgan fingerprint density at radius 3 is 2.69 bits per heavy atom. The van der Waals surface area contributed by atoms with Crippen LogP contribution in [-0.4, -0.2) is 25.5 Å². The molecule has 2 N–H and O–H groups in total. The second kappa shape index (κ2) is 6.66. The zero-order chi connectivity index (χ0) is 12.0. The summed E-state index contributed by atoms with van der Waals surface area (Å²) in [5, 5.41) is 6.16. The van der Waals surface area contributed by atoms with Gasteiger partial charge in [0.05, 0.1) is 4.88 Å². The van der Waals surface area contributed by atoms with Gasteiger partial charge in [0.2, 0.25) is 0 Å². The molecule has 0 atom stereocenters. The molecule has 0 bridgehead atoms. The van der Waals surface area contributed by atoms with Crippen molar-refractivity contribution in [1.82, 2.24) is 10.6 Å². The van der Waals surface area contributed by atoms with Gasteiger partial charge in [-0.05, 0) is 45.0 Å². The highest BCUT2D eigenvalue weighted by Crippen LogP contribution is 2.20. The van der Waals surface area contributed by atoms with Crippen molar-refractivity contribution in [2.45, 2.75) is 27.2 Å². The topological polar surface area (TPSA) is 41.1 Å². The number of aryl methyl sites for hydroxylation is 2. The van der Waals surface area contributed by atoms with Gasteiger partial charge in [0.1, 0.15) is 0 Å². The Kier molecular flexibility index (Phi) is 5.49. The van der Waals surface area contributed by atoms with E-state index in [-0.39, 0.29) is 5.91 Å². The predicted octanol–water partition coefficient (Wildman–Crippen LogP) is 2.09. The van der Waals surface area contributed by atoms with Gasteiger partial charge in [-0.2, -0.15) is 0 Å². The van der Waals surface area contributed by atoms with Crippen molar-refractivity contribution in [1.29, 1.82) is 0 Å². The number of carbonyl (C=O) groups excluding carboxylic acids is 1. The summed E-state index contributed by atoms with van der Waals surface area (Å²) in [6.45, 7) is 8.84. The highest BCUT2D eigenvalue weighted by Gasteiger charge is 2.09. The third-order valence-corrected chi connectivity index (χ3v) is 3.61. The third kappa shape index (κ3) is 3.94. The van der Waals surface area contributed by atoms with Crippen LogP contribution in [0.25, 0.3) is 0 Å². The van der Waals surface area contributed by atoms with Crippen LogP contribution in [0.3, 0.4) is 0 Å². The molecule has 0 saturated heterocycles. The first-order valence-corrected chi connectivity index (χ1v) is 6.52. The van der Waals surface area contributed by atoms with E-state index < -0.39 is 0 Å². The van der Waals surface area contributed by atoms with Crippen LogP contribution >= 0.6 is 11.3 Å². The highest BCUT2D eigenvalue weighted by atomic mass is 32.1. The average Bonchev–Trinajstić information content (AvgIpc) is 2.59. The van der Waals surface area contributed by atoms with Gasteiger partial charge in [-0.15, -0.1) is 11.3 Å². The molecule has 0 fully saturated rings. The molecule has 3 nitrogen and oxygen atoms in total. The standard InChI is InChI=1S/C12H20N2OS/c1-4-13-6-5-7-14-12(15)11-8-9(2)10(3)16-11/h8,13H,4-7H2,1-3H3,(H,14,15). The summed E-state index contributed by atoms with van der Waals surface area (Å²) in [6.07, 6.45) is 0.975. The van der Waals surface area contributed by atoms with Crippen LogP contribution in [0.5, 0.6) is 0 Å². The van der Waals surface area contributed by atoms with Crippen LogP contribution in [0.15, 0.2) is 6.07 Å². The molecule has 0 spiro atoms. The fourth-order valence-corrected chi connectivity index (χ4v) is 2.31. The minimum absolute atomic E-state index is 0.0534. The average molecular weight is 240 g/mol. The molecule has 0 aliphatic carbocycles. The maximum atomic E-state index is 11.7. The van der Waals surface area contributed by atoms with E-state index in [0.29, 0.717) is 0 Å². The first-order valence-electron chi connectivity index (χ1n) is 5.71. The van der Waals surface area contributed by atoms with Crippen LogP contribution < -0.4 is 10.6 Å². The normalized spacial score (nSPS) is 10.4. The molecule has 0 unspecified atom stereocenters. The predicted molar refractivity (Wildman–Crippen MR) is 69.3 cm³/mol. The molecular formula is C12H20N2OS. The number of rotatable bonds is 6. The van der Waals surface area contributed by atoms with Crippen molar-refractivity contribution in [3.05, 3.63) is 21.4 Å². The lowest BCUT2D eigenvalue weighted by Gasteiger charge is -2.03. The molecule has 0 radical (unpaired) electrons. The molecule has 16 heavy (non-hydrogen) atoms. The van der Waals surface area contributed by atoms with Crippen molar-refractivity contribution in [2.75, 3.05) is 19.6 Å². The largest absolute Gasteiger partial charge is 0.351 e. The molecule has 0 aromatic carbocycles. The lowest BCUT2D eigenvalue weighted by atomic mass is 10.3. The van der Waals surface area contributed by atoms with Gasteiger partial charge in [-0.3, -0.25) is 4.79 Å². The van der Waals surface area contributed by atoms with E-state index in [1.165, 1.54) is 10.4 Å². The van der Waals surface area contributed by atoms with Crippen molar-refractivity contribution < 1.29 is 4.79 Å². The lowest BCUT2D eigenvalue weighted by molar-refractivity contribution is 0.0957. The molecule has 90 valence electrons. The number of thiophene rings is 1. The minimum Gasteiger partial charge on any atom is -0.351 e. The molecule has 1 aromatic rings. The maximum absolute atomic E-state index is 11.7. The first kappa shape index (κ1) is 13.2. The Labute approximate surface area is 101 Å². The SMILES string of the molecule is CCNCCCNC(=O)c1cc(C)c(C)s1. The maximum Gasteiger partial charge on any atom is 0.261 e. The molecular weight excluding hydrogens is 220 g/mol. The lowest BCUT2D eigenvalue weighted by Crippen LogP contribution is -2.26. The number of hydrogen-bond acceptors (Lipinski definition) is 3. The molecule has 0 aliphatic rings. The summed E-state index contributed by atoms with van der Waals surface area (Å²) in [7, 11) is 0. The van der Waals surface area contributed by atoms with Gasteiger partial charge < -0.3 is 10.6 Å².